The normalized spacial score (nSPS) is 11.4. The van der Waals surface area contributed by atoms with Crippen LogP contribution in [-0.4, -0.2) is 21.5 Å². The van der Waals surface area contributed by atoms with E-state index in [1.807, 2.05) is 0 Å². The maximum absolute atomic E-state index is 11.2. The second-order valence-corrected chi connectivity index (χ2v) is 5.18. The van der Waals surface area contributed by atoms with Crippen LogP contribution in [0.1, 0.15) is 15.2 Å². The maximum Gasteiger partial charge on any atom is 0.340 e. The molecule has 0 aromatic carbocycles. The van der Waals surface area contributed by atoms with Crippen LogP contribution in [0.5, 0.6) is 0 Å². The number of carbonyl (C=O) groups is 1. The number of primary sulfonamides is 1. The lowest BCUT2D eigenvalue weighted by atomic mass is 10.3. The lowest BCUT2D eigenvalue weighted by molar-refractivity contribution is 0.0596. The summed E-state index contributed by atoms with van der Waals surface area (Å²) in [5.74, 6) is -0.687. The van der Waals surface area contributed by atoms with Crippen LogP contribution in [0.15, 0.2) is 10.3 Å². The van der Waals surface area contributed by atoms with Crippen LogP contribution < -0.4 is 5.14 Å². The summed E-state index contributed by atoms with van der Waals surface area (Å²) < 4.78 is 26.6. The van der Waals surface area contributed by atoms with Crippen molar-refractivity contribution in [3.8, 4) is 0 Å². The molecule has 0 aliphatic heterocycles. The molecule has 0 atom stereocenters. The quantitative estimate of drug-likeness (QED) is 0.756. The van der Waals surface area contributed by atoms with Crippen molar-refractivity contribution < 1.29 is 17.9 Å². The number of aryl methyl sites for hydroxylation is 1. The van der Waals surface area contributed by atoms with E-state index in [4.69, 9.17) is 5.14 Å². The Balaban J connectivity index is 3.42. The van der Waals surface area contributed by atoms with Crippen molar-refractivity contribution in [1.82, 2.24) is 0 Å². The van der Waals surface area contributed by atoms with Crippen LogP contribution in [0.4, 0.5) is 0 Å². The largest absolute Gasteiger partial charge is 0.465 e. The van der Waals surface area contributed by atoms with Gasteiger partial charge < -0.3 is 4.74 Å². The summed E-state index contributed by atoms with van der Waals surface area (Å²) in [6.07, 6.45) is 0. The van der Waals surface area contributed by atoms with Gasteiger partial charge in [0.05, 0.1) is 12.7 Å². The smallest absolute Gasteiger partial charge is 0.340 e. The summed E-state index contributed by atoms with van der Waals surface area (Å²) in [6.45, 7) is 1.63. The van der Waals surface area contributed by atoms with Gasteiger partial charge in [0.15, 0.2) is 0 Å². The Hall–Kier alpha value is -0.920. The second kappa shape index (κ2) is 3.68. The minimum absolute atomic E-state index is 0.0278. The molecule has 5 nitrogen and oxygen atoms in total. The number of ether oxygens (including phenoxy) is 1. The van der Waals surface area contributed by atoms with E-state index < -0.39 is 16.0 Å². The van der Waals surface area contributed by atoms with E-state index in [2.05, 4.69) is 4.74 Å². The fourth-order valence-corrected chi connectivity index (χ4v) is 2.97. The molecule has 1 heterocycles. The fourth-order valence-electron chi connectivity index (χ4n) is 0.989. The molecule has 0 spiro atoms. The highest BCUT2D eigenvalue weighted by Gasteiger charge is 2.23. The molecule has 0 bridgehead atoms. The van der Waals surface area contributed by atoms with E-state index in [-0.39, 0.29) is 10.5 Å². The van der Waals surface area contributed by atoms with Gasteiger partial charge in [-0.15, -0.1) is 11.3 Å². The molecule has 0 aliphatic carbocycles. The summed E-state index contributed by atoms with van der Waals surface area (Å²) in [5.41, 5.74) is 0.0278. The minimum atomic E-state index is -3.86. The van der Waals surface area contributed by atoms with E-state index in [0.29, 0.717) is 4.88 Å². The van der Waals surface area contributed by atoms with Crippen LogP contribution in [0.2, 0.25) is 0 Å². The van der Waals surface area contributed by atoms with Gasteiger partial charge in [-0.2, -0.15) is 0 Å². The first kappa shape index (κ1) is 11.2. The predicted octanol–water partition coefficient (Wildman–Crippen LogP) is 0.491. The van der Waals surface area contributed by atoms with Gasteiger partial charge in [0, 0.05) is 10.3 Å². The average molecular weight is 235 g/mol. The highest BCUT2D eigenvalue weighted by atomic mass is 32.2. The van der Waals surface area contributed by atoms with Gasteiger partial charge in [-0.3, -0.25) is 0 Å². The van der Waals surface area contributed by atoms with E-state index >= 15 is 0 Å². The van der Waals surface area contributed by atoms with Crippen molar-refractivity contribution in [3.05, 3.63) is 15.8 Å². The fraction of sp³-hybridized carbons (Fsp3) is 0.286. The van der Waals surface area contributed by atoms with Crippen LogP contribution in [0.25, 0.3) is 0 Å². The Kier molecular flexibility index (Phi) is 2.93. The number of rotatable bonds is 2. The summed E-state index contributed by atoms with van der Waals surface area (Å²) in [4.78, 5) is 11.6. The first-order valence-electron chi connectivity index (χ1n) is 3.57. The number of hydrogen-bond acceptors (Lipinski definition) is 5. The number of thiophene rings is 1. The van der Waals surface area contributed by atoms with Crippen LogP contribution in [0, 0.1) is 6.92 Å². The molecule has 0 unspecified atom stereocenters. The highest BCUT2D eigenvalue weighted by Crippen LogP contribution is 2.25. The minimum Gasteiger partial charge on any atom is -0.465 e. The van der Waals surface area contributed by atoms with E-state index in [9.17, 15) is 13.2 Å². The molecule has 0 amide bonds. The average Bonchev–Trinajstić information content (AvgIpc) is 2.45. The van der Waals surface area contributed by atoms with Crippen molar-refractivity contribution in [2.45, 2.75) is 11.8 Å². The molecule has 14 heavy (non-hydrogen) atoms. The van der Waals surface area contributed by atoms with E-state index in [1.165, 1.54) is 12.5 Å². The van der Waals surface area contributed by atoms with Crippen molar-refractivity contribution in [2.24, 2.45) is 5.14 Å². The first-order valence-corrected chi connectivity index (χ1v) is 5.99. The number of esters is 1. The molecule has 0 fully saturated rings. The third-order valence-electron chi connectivity index (χ3n) is 1.64. The molecular formula is C7H9NO4S2. The van der Waals surface area contributed by atoms with Gasteiger partial charge in [-0.05, 0) is 6.92 Å². The number of carbonyl (C=O) groups excluding carboxylic acids is 1. The Bertz CT molecular complexity index is 460. The van der Waals surface area contributed by atoms with Crippen LogP contribution in [-0.2, 0) is 14.8 Å². The van der Waals surface area contributed by atoms with Crippen molar-refractivity contribution in [2.75, 3.05) is 7.11 Å². The molecule has 2 N–H and O–H groups in total. The molecule has 1 aromatic heterocycles. The van der Waals surface area contributed by atoms with Gasteiger partial charge >= 0.3 is 5.97 Å². The Morgan fingerprint density at radius 2 is 2.14 bits per heavy atom. The molecule has 0 radical (unpaired) electrons. The standard InChI is InChI=1S/C7H9NO4S2/c1-4-6(7(9)12-2)5(3-13-4)14(8,10)11/h3H,1-2H3,(H2,8,10,11). The SMILES string of the molecule is COC(=O)c1c(S(N)(=O)=O)csc1C. The Morgan fingerprint density at radius 1 is 1.57 bits per heavy atom. The summed E-state index contributed by atoms with van der Waals surface area (Å²) in [7, 11) is -2.67. The Labute approximate surface area is 85.5 Å². The molecule has 1 aromatic rings. The van der Waals surface area contributed by atoms with Gasteiger partial charge in [0.1, 0.15) is 4.90 Å². The lowest BCUT2D eigenvalue weighted by Gasteiger charge is -2.00. The maximum atomic E-state index is 11.2. The molecule has 7 heteroatoms. The lowest BCUT2D eigenvalue weighted by Crippen LogP contribution is -2.16. The first-order chi connectivity index (χ1) is 6.38. The molecule has 1 rings (SSSR count). The van der Waals surface area contributed by atoms with Crippen molar-refractivity contribution >= 4 is 27.3 Å². The summed E-state index contributed by atoms with van der Waals surface area (Å²) >= 11 is 1.14. The monoisotopic (exact) mass is 235 g/mol. The molecular weight excluding hydrogens is 226 g/mol. The molecule has 0 aliphatic rings. The topological polar surface area (TPSA) is 86.5 Å². The third-order valence-corrected chi connectivity index (χ3v) is 3.63. The molecule has 0 saturated carbocycles. The number of hydrogen-bond donors (Lipinski definition) is 1. The zero-order valence-electron chi connectivity index (χ0n) is 7.60. The third kappa shape index (κ3) is 1.94. The second-order valence-electron chi connectivity index (χ2n) is 2.57. The van der Waals surface area contributed by atoms with Crippen LogP contribution >= 0.6 is 11.3 Å². The Morgan fingerprint density at radius 3 is 2.57 bits per heavy atom. The van der Waals surface area contributed by atoms with Gasteiger partial charge in [-0.25, -0.2) is 18.4 Å². The van der Waals surface area contributed by atoms with Crippen LogP contribution in [0.3, 0.4) is 0 Å². The zero-order valence-corrected chi connectivity index (χ0v) is 9.24. The number of sulfonamides is 1. The highest BCUT2D eigenvalue weighted by molar-refractivity contribution is 7.89. The summed E-state index contributed by atoms with van der Waals surface area (Å²) in [6, 6.07) is 0. The van der Waals surface area contributed by atoms with Crippen molar-refractivity contribution in [1.29, 1.82) is 0 Å². The van der Waals surface area contributed by atoms with E-state index in [0.717, 1.165) is 11.3 Å². The van der Waals surface area contributed by atoms with Gasteiger partial charge in [0.25, 0.3) is 0 Å². The van der Waals surface area contributed by atoms with Crippen molar-refractivity contribution in [3.63, 3.8) is 0 Å². The summed E-state index contributed by atoms with van der Waals surface area (Å²) in [5, 5.41) is 6.26. The zero-order chi connectivity index (χ0) is 10.9. The van der Waals surface area contributed by atoms with Gasteiger partial charge in [0.2, 0.25) is 10.0 Å². The number of methoxy groups -OCH3 is 1. The predicted molar refractivity (Wildman–Crippen MR) is 51.8 cm³/mol. The molecule has 78 valence electrons. The van der Waals surface area contributed by atoms with Gasteiger partial charge in [-0.1, -0.05) is 0 Å². The van der Waals surface area contributed by atoms with E-state index in [1.54, 1.807) is 6.92 Å². The molecule has 0 saturated heterocycles. The number of nitrogens with two attached hydrogens (primary N) is 1.